The van der Waals surface area contributed by atoms with Gasteiger partial charge in [-0.25, -0.2) is 4.98 Å². The number of halogens is 4. The molecular weight excluding hydrogens is 473 g/mol. The molecule has 0 aliphatic carbocycles. The fourth-order valence-corrected chi connectivity index (χ4v) is 4.27. The first-order valence-electron chi connectivity index (χ1n) is 10.3. The van der Waals surface area contributed by atoms with Gasteiger partial charge in [-0.2, -0.15) is 5.26 Å². The number of alkyl halides is 3. The summed E-state index contributed by atoms with van der Waals surface area (Å²) in [5.41, 5.74) is 2.76. The molecule has 1 aliphatic rings. The summed E-state index contributed by atoms with van der Waals surface area (Å²) in [6, 6.07) is 11.0. The smallest absolute Gasteiger partial charge is 0.490 e. The molecular formula is C22H16ClF3N6O2. The van der Waals surface area contributed by atoms with Crippen molar-refractivity contribution in [3.63, 3.8) is 0 Å². The molecule has 1 aromatic carbocycles. The quantitative estimate of drug-likeness (QED) is 0.383. The topological polar surface area (TPSA) is 88.6 Å². The number of benzene rings is 1. The highest BCUT2D eigenvalue weighted by Gasteiger charge is 2.31. The number of hydrogen-bond donors (Lipinski definition) is 0. The van der Waals surface area contributed by atoms with E-state index in [0.717, 1.165) is 5.52 Å². The Bertz CT molecular complexity index is 1390. The minimum atomic E-state index is -4.74. The van der Waals surface area contributed by atoms with Gasteiger partial charge in [0.1, 0.15) is 46.2 Å². The fourth-order valence-electron chi connectivity index (χ4n) is 4.12. The third kappa shape index (κ3) is 4.24. The van der Waals surface area contributed by atoms with Crippen LogP contribution in [0.2, 0.25) is 5.15 Å². The molecule has 4 heterocycles. The van der Waals surface area contributed by atoms with Crippen LogP contribution in [-0.4, -0.2) is 45.1 Å². The number of rotatable bonds is 4. The second kappa shape index (κ2) is 8.53. The van der Waals surface area contributed by atoms with E-state index in [0.29, 0.717) is 59.2 Å². The Hall–Kier alpha value is -3.78. The summed E-state index contributed by atoms with van der Waals surface area (Å²) in [5, 5.41) is 18.3. The van der Waals surface area contributed by atoms with Gasteiger partial charge < -0.3 is 14.4 Å². The van der Waals surface area contributed by atoms with Crippen LogP contribution in [0, 0.1) is 11.3 Å². The normalized spacial score (nSPS) is 15.0. The van der Waals surface area contributed by atoms with E-state index in [2.05, 4.69) is 30.9 Å². The van der Waals surface area contributed by atoms with E-state index in [-0.39, 0.29) is 11.9 Å². The largest absolute Gasteiger partial charge is 0.573 e. The molecule has 4 aromatic rings. The van der Waals surface area contributed by atoms with Crippen LogP contribution in [0.15, 0.2) is 42.7 Å². The number of nitriles is 1. The molecule has 5 rings (SSSR count). The van der Waals surface area contributed by atoms with E-state index in [9.17, 15) is 18.4 Å². The van der Waals surface area contributed by atoms with E-state index >= 15 is 0 Å². The number of anilines is 1. The predicted molar refractivity (Wildman–Crippen MR) is 117 cm³/mol. The van der Waals surface area contributed by atoms with Crippen LogP contribution in [0.25, 0.3) is 16.7 Å². The van der Waals surface area contributed by atoms with Crippen molar-refractivity contribution in [3.8, 4) is 17.6 Å². The van der Waals surface area contributed by atoms with Gasteiger partial charge in [-0.05, 0) is 36.4 Å². The molecule has 0 amide bonds. The van der Waals surface area contributed by atoms with Crippen LogP contribution in [-0.2, 0) is 0 Å². The molecule has 34 heavy (non-hydrogen) atoms. The van der Waals surface area contributed by atoms with Crippen molar-refractivity contribution < 1.29 is 22.6 Å². The number of aromatic nitrogens is 4. The minimum Gasteiger partial charge on any atom is -0.490 e. The van der Waals surface area contributed by atoms with Crippen LogP contribution in [0.1, 0.15) is 18.4 Å². The van der Waals surface area contributed by atoms with Gasteiger partial charge in [0.2, 0.25) is 0 Å². The average molecular weight is 489 g/mol. The van der Waals surface area contributed by atoms with Crippen LogP contribution in [0.3, 0.4) is 0 Å². The fraction of sp³-hybridized carbons (Fsp3) is 0.273. The van der Waals surface area contributed by atoms with Gasteiger partial charge in [-0.1, -0.05) is 11.6 Å². The molecule has 174 valence electrons. The van der Waals surface area contributed by atoms with Gasteiger partial charge in [0.15, 0.2) is 5.65 Å². The van der Waals surface area contributed by atoms with Crippen LogP contribution < -0.4 is 14.4 Å². The Kier molecular flexibility index (Phi) is 5.53. The van der Waals surface area contributed by atoms with Crippen LogP contribution >= 0.6 is 11.6 Å². The molecule has 0 spiro atoms. The Morgan fingerprint density at radius 1 is 1.06 bits per heavy atom. The Labute approximate surface area is 196 Å². The van der Waals surface area contributed by atoms with Crippen molar-refractivity contribution in [2.75, 3.05) is 18.0 Å². The lowest BCUT2D eigenvalue weighted by Crippen LogP contribution is -2.39. The van der Waals surface area contributed by atoms with Crippen LogP contribution in [0.4, 0.5) is 18.9 Å². The molecule has 0 saturated carbocycles. The van der Waals surface area contributed by atoms with E-state index in [1.54, 1.807) is 10.5 Å². The first-order valence-corrected chi connectivity index (χ1v) is 10.7. The summed E-state index contributed by atoms with van der Waals surface area (Å²) < 4.78 is 48.6. The van der Waals surface area contributed by atoms with E-state index < -0.39 is 6.36 Å². The molecule has 1 fully saturated rings. The number of nitrogens with zero attached hydrogens (tertiary/aromatic N) is 6. The van der Waals surface area contributed by atoms with Gasteiger partial charge in [0.05, 0.1) is 11.2 Å². The summed E-state index contributed by atoms with van der Waals surface area (Å²) in [7, 11) is 0. The molecule has 12 heteroatoms. The number of hydrogen-bond acceptors (Lipinski definition) is 7. The molecule has 8 nitrogen and oxygen atoms in total. The maximum absolute atomic E-state index is 12.3. The molecule has 0 N–H and O–H groups in total. The number of fused-ring (bicyclic) bond motifs is 3. The summed E-state index contributed by atoms with van der Waals surface area (Å²) >= 11 is 6.17. The predicted octanol–water partition coefficient (Wildman–Crippen LogP) is 4.75. The summed E-state index contributed by atoms with van der Waals surface area (Å²) in [4.78, 5) is 6.54. The van der Waals surface area contributed by atoms with Gasteiger partial charge in [-0.15, -0.1) is 23.4 Å². The zero-order valence-corrected chi connectivity index (χ0v) is 18.2. The zero-order chi connectivity index (χ0) is 23.9. The highest BCUT2D eigenvalue weighted by Crippen LogP contribution is 2.35. The lowest BCUT2D eigenvalue weighted by molar-refractivity contribution is -0.274. The molecule has 0 unspecified atom stereocenters. The Morgan fingerprint density at radius 2 is 1.76 bits per heavy atom. The van der Waals surface area contributed by atoms with Gasteiger partial charge >= 0.3 is 6.36 Å². The first-order chi connectivity index (χ1) is 16.3. The number of piperidine rings is 1. The van der Waals surface area contributed by atoms with Crippen molar-refractivity contribution in [1.82, 2.24) is 19.6 Å². The summed E-state index contributed by atoms with van der Waals surface area (Å²) in [6.07, 6.45) is -2.09. The highest BCUT2D eigenvalue weighted by molar-refractivity contribution is 6.29. The minimum absolute atomic E-state index is 0.143. The lowest BCUT2D eigenvalue weighted by Gasteiger charge is -2.34. The van der Waals surface area contributed by atoms with Crippen molar-refractivity contribution in [2.24, 2.45) is 0 Å². The second-order valence-corrected chi connectivity index (χ2v) is 8.07. The summed E-state index contributed by atoms with van der Waals surface area (Å²) in [5.74, 6) is 0.148. The average Bonchev–Trinajstić information content (AvgIpc) is 3.29. The maximum Gasteiger partial charge on any atom is 0.573 e. The number of pyridine rings is 2. The molecule has 1 aliphatic heterocycles. The molecule has 3 aromatic heterocycles. The highest BCUT2D eigenvalue weighted by atomic mass is 35.5. The van der Waals surface area contributed by atoms with E-state index in [1.165, 1.54) is 30.6 Å². The molecule has 0 atom stereocenters. The monoisotopic (exact) mass is 488 g/mol. The van der Waals surface area contributed by atoms with Gasteiger partial charge in [0, 0.05) is 25.9 Å². The lowest BCUT2D eigenvalue weighted by atomic mass is 10.0. The van der Waals surface area contributed by atoms with Crippen molar-refractivity contribution in [1.29, 1.82) is 5.26 Å². The van der Waals surface area contributed by atoms with Gasteiger partial charge in [0.25, 0.3) is 0 Å². The van der Waals surface area contributed by atoms with E-state index in [4.69, 9.17) is 16.3 Å². The Balaban J connectivity index is 1.36. The summed E-state index contributed by atoms with van der Waals surface area (Å²) in [6.45, 7) is 1.14. The third-order valence-electron chi connectivity index (χ3n) is 5.56. The Morgan fingerprint density at radius 3 is 2.44 bits per heavy atom. The first kappa shape index (κ1) is 22.0. The van der Waals surface area contributed by atoms with Crippen molar-refractivity contribution in [2.45, 2.75) is 25.3 Å². The maximum atomic E-state index is 12.3. The third-order valence-corrected chi connectivity index (χ3v) is 5.77. The SMILES string of the molecule is N#Cc1c(N2CCC(Oc3ccc(OC(F)(F)F)cc3)CC2)c2nc(Cl)ccc2n2cnnc12. The van der Waals surface area contributed by atoms with Crippen molar-refractivity contribution >= 4 is 34.0 Å². The zero-order valence-electron chi connectivity index (χ0n) is 17.5. The van der Waals surface area contributed by atoms with Gasteiger partial charge in [-0.3, -0.25) is 4.40 Å². The van der Waals surface area contributed by atoms with Crippen molar-refractivity contribution in [3.05, 3.63) is 53.4 Å². The van der Waals surface area contributed by atoms with E-state index in [1.807, 2.05) is 6.07 Å². The second-order valence-electron chi connectivity index (χ2n) is 7.69. The van der Waals surface area contributed by atoms with Crippen LogP contribution in [0.5, 0.6) is 11.5 Å². The molecule has 1 saturated heterocycles. The molecule has 0 radical (unpaired) electrons. The number of ether oxygens (including phenoxy) is 2. The molecule has 0 bridgehead atoms. The standard InChI is InChI=1S/C22H16ClF3N6O2/c23-18-6-5-17-19(29-18)20(16(11-27)21-30-28-12-32(17)21)31-9-7-14(8-10-31)33-13-1-3-15(4-2-13)34-22(24,25)26/h1-6,12,14H,7-10H2.